The van der Waals surface area contributed by atoms with Gasteiger partial charge in [0.2, 0.25) is 0 Å². The van der Waals surface area contributed by atoms with Gasteiger partial charge < -0.3 is 0 Å². The fourth-order valence-corrected chi connectivity index (χ4v) is 1.56. The molecule has 9 heavy (non-hydrogen) atoms. The summed E-state index contributed by atoms with van der Waals surface area (Å²) in [6.45, 7) is 2.06. The monoisotopic (exact) mass is 137 g/mol. The second kappa shape index (κ2) is 2.65. The van der Waals surface area contributed by atoms with Crippen molar-refractivity contribution in [3.63, 3.8) is 0 Å². The van der Waals surface area contributed by atoms with E-state index in [0.29, 0.717) is 0 Å². The molecule has 0 amide bonds. The van der Waals surface area contributed by atoms with Crippen LogP contribution >= 0.6 is 11.3 Å². The van der Waals surface area contributed by atoms with Gasteiger partial charge in [-0.3, -0.25) is 0 Å². The highest BCUT2D eigenvalue weighted by Crippen LogP contribution is 2.13. The van der Waals surface area contributed by atoms with Crippen molar-refractivity contribution >= 4 is 11.3 Å². The van der Waals surface area contributed by atoms with Gasteiger partial charge in [0, 0.05) is 5.38 Å². The van der Waals surface area contributed by atoms with E-state index in [1.165, 1.54) is 5.56 Å². The van der Waals surface area contributed by atoms with E-state index in [1.54, 1.807) is 11.3 Å². The Labute approximate surface area is 58.6 Å². The molecule has 0 fully saturated rings. The van der Waals surface area contributed by atoms with Crippen LogP contribution in [0.4, 0.5) is 0 Å². The Morgan fingerprint density at radius 2 is 2.44 bits per heavy atom. The first-order chi connectivity index (χ1) is 4.38. The number of nitrogens with zero attached hydrogens (tertiary/aromatic N) is 1. The topological polar surface area (TPSA) is 23.8 Å². The molecule has 1 aromatic rings. The molecular formula is C7H7NS. The van der Waals surface area contributed by atoms with Gasteiger partial charge in [-0.2, -0.15) is 16.6 Å². The fraction of sp³-hybridized carbons (Fsp3) is 0.286. The smallest absolute Gasteiger partial charge is 0.100 e. The molecule has 0 aromatic carbocycles. The van der Waals surface area contributed by atoms with Crippen molar-refractivity contribution in [2.45, 2.75) is 13.3 Å². The quantitative estimate of drug-likeness (QED) is 0.582. The summed E-state index contributed by atoms with van der Waals surface area (Å²) < 4.78 is 0. The SMILES string of the molecule is CCc1cscc1C#N. The number of thiophene rings is 1. The van der Waals surface area contributed by atoms with Gasteiger partial charge in [0.05, 0.1) is 5.56 Å². The van der Waals surface area contributed by atoms with Crippen LogP contribution in [-0.2, 0) is 6.42 Å². The van der Waals surface area contributed by atoms with Gasteiger partial charge in [0.25, 0.3) is 0 Å². The molecule has 0 atom stereocenters. The first kappa shape index (κ1) is 6.31. The number of hydrogen-bond donors (Lipinski definition) is 0. The van der Waals surface area contributed by atoms with Crippen LogP contribution in [0.15, 0.2) is 10.8 Å². The summed E-state index contributed by atoms with van der Waals surface area (Å²) in [6, 6.07) is 2.14. The summed E-state index contributed by atoms with van der Waals surface area (Å²) in [7, 11) is 0. The zero-order valence-electron chi connectivity index (χ0n) is 5.22. The number of hydrogen-bond acceptors (Lipinski definition) is 2. The van der Waals surface area contributed by atoms with E-state index in [1.807, 2.05) is 10.8 Å². The van der Waals surface area contributed by atoms with Crippen LogP contribution in [0.2, 0.25) is 0 Å². The molecule has 2 heteroatoms. The molecule has 0 aliphatic rings. The average Bonchev–Trinajstić information content (AvgIpc) is 2.33. The molecule has 0 spiro atoms. The minimum atomic E-state index is 0.836. The number of nitriles is 1. The highest BCUT2D eigenvalue weighted by Gasteiger charge is 1.97. The first-order valence-electron chi connectivity index (χ1n) is 2.83. The van der Waals surface area contributed by atoms with Gasteiger partial charge in [-0.15, -0.1) is 0 Å². The minimum Gasteiger partial charge on any atom is -0.192 e. The summed E-state index contributed by atoms with van der Waals surface area (Å²) in [5.41, 5.74) is 2.00. The summed E-state index contributed by atoms with van der Waals surface area (Å²) in [4.78, 5) is 0. The zero-order valence-corrected chi connectivity index (χ0v) is 6.03. The Morgan fingerprint density at radius 3 is 2.89 bits per heavy atom. The standard InChI is InChI=1S/C7H7NS/c1-2-6-4-9-5-7(6)3-8/h4-5H,2H2,1H3. The lowest BCUT2D eigenvalue weighted by Gasteiger charge is -1.85. The third kappa shape index (κ3) is 1.11. The summed E-state index contributed by atoms with van der Waals surface area (Å²) >= 11 is 1.59. The maximum atomic E-state index is 8.50. The molecule has 0 saturated heterocycles. The predicted octanol–water partition coefficient (Wildman–Crippen LogP) is 2.18. The van der Waals surface area contributed by atoms with Crippen molar-refractivity contribution in [3.05, 3.63) is 21.9 Å². The van der Waals surface area contributed by atoms with Gasteiger partial charge >= 0.3 is 0 Å². The van der Waals surface area contributed by atoms with Crippen LogP contribution in [0.25, 0.3) is 0 Å². The maximum absolute atomic E-state index is 8.50. The van der Waals surface area contributed by atoms with Gasteiger partial charge in [-0.1, -0.05) is 6.92 Å². The molecule has 0 saturated carbocycles. The number of rotatable bonds is 1. The van der Waals surface area contributed by atoms with Gasteiger partial charge in [-0.05, 0) is 17.4 Å². The predicted molar refractivity (Wildman–Crippen MR) is 38.4 cm³/mol. The Bertz CT molecular complexity index is 231. The van der Waals surface area contributed by atoms with Crippen molar-refractivity contribution < 1.29 is 0 Å². The van der Waals surface area contributed by atoms with Crippen LogP contribution in [-0.4, -0.2) is 0 Å². The highest BCUT2D eigenvalue weighted by atomic mass is 32.1. The molecule has 0 N–H and O–H groups in total. The maximum Gasteiger partial charge on any atom is 0.100 e. The molecule has 1 aromatic heterocycles. The van der Waals surface area contributed by atoms with Crippen LogP contribution in [0.3, 0.4) is 0 Å². The first-order valence-corrected chi connectivity index (χ1v) is 3.78. The molecule has 1 rings (SSSR count). The molecule has 0 aliphatic carbocycles. The second-order valence-electron chi connectivity index (χ2n) is 1.78. The van der Waals surface area contributed by atoms with E-state index in [4.69, 9.17) is 5.26 Å². The summed E-state index contributed by atoms with van der Waals surface area (Å²) in [6.07, 6.45) is 0.965. The lowest BCUT2D eigenvalue weighted by Crippen LogP contribution is -1.77. The van der Waals surface area contributed by atoms with Crippen molar-refractivity contribution in [1.29, 1.82) is 5.26 Å². The van der Waals surface area contributed by atoms with Crippen LogP contribution in [0.5, 0.6) is 0 Å². The van der Waals surface area contributed by atoms with Crippen LogP contribution in [0.1, 0.15) is 18.1 Å². The van der Waals surface area contributed by atoms with Gasteiger partial charge in [0.1, 0.15) is 6.07 Å². The molecule has 0 radical (unpaired) electrons. The molecule has 1 nitrogen and oxygen atoms in total. The average molecular weight is 137 g/mol. The molecule has 0 unspecified atom stereocenters. The Morgan fingerprint density at radius 1 is 1.67 bits per heavy atom. The molecular weight excluding hydrogens is 130 g/mol. The Balaban J connectivity index is 3.02. The number of aryl methyl sites for hydroxylation is 1. The van der Waals surface area contributed by atoms with Crippen molar-refractivity contribution in [2.75, 3.05) is 0 Å². The van der Waals surface area contributed by atoms with E-state index >= 15 is 0 Å². The molecule has 0 aliphatic heterocycles. The van der Waals surface area contributed by atoms with E-state index in [2.05, 4.69) is 13.0 Å². The van der Waals surface area contributed by atoms with Gasteiger partial charge in [-0.25, -0.2) is 0 Å². The van der Waals surface area contributed by atoms with Crippen LogP contribution in [0, 0.1) is 11.3 Å². The lowest BCUT2D eigenvalue weighted by atomic mass is 10.2. The van der Waals surface area contributed by atoms with E-state index in [-0.39, 0.29) is 0 Å². The molecule has 46 valence electrons. The van der Waals surface area contributed by atoms with E-state index in [9.17, 15) is 0 Å². The van der Waals surface area contributed by atoms with Crippen molar-refractivity contribution in [3.8, 4) is 6.07 Å². The van der Waals surface area contributed by atoms with E-state index in [0.717, 1.165) is 12.0 Å². The largest absolute Gasteiger partial charge is 0.192 e. The van der Waals surface area contributed by atoms with Crippen LogP contribution < -0.4 is 0 Å². The third-order valence-electron chi connectivity index (χ3n) is 1.24. The second-order valence-corrected chi connectivity index (χ2v) is 2.52. The summed E-state index contributed by atoms with van der Waals surface area (Å²) in [5, 5.41) is 12.4. The zero-order chi connectivity index (χ0) is 6.69. The van der Waals surface area contributed by atoms with Crippen molar-refractivity contribution in [2.24, 2.45) is 0 Å². The highest BCUT2D eigenvalue weighted by molar-refractivity contribution is 7.08. The van der Waals surface area contributed by atoms with Gasteiger partial charge in [0.15, 0.2) is 0 Å². The molecule has 1 heterocycles. The third-order valence-corrected chi connectivity index (χ3v) is 2.04. The fourth-order valence-electron chi connectivity index (χ4n) is 0.695. The summed E-state index contributed by atoms with van der Waals surface area (Å²) in [5.74, 6) is 0. The Hall–Kier alpha value is -0.810. The molecule has 0 bridgehead atoms. The van der Waals surface area contributed by atoms with E-state index < -0.39 is 0 Å². The minimum absolute atomic E-state index is 0.836. The Kier molecular flexibility index (Phi) is 1.86. The van der Waals surface area contributed by atoms with Crippen molar-refractivity contribution in [1.82, 2.24) is 0 Å². The normalized spacial score (nSPS) is 8.89. The lowest BCUT2D eigenvalue weighted by molar-refractivity contribution is 1.14.